The summed E-state index contributed by atoms with van der Waals surface area (Å²) in [6.45, 7) is 13.5. The molecule has 2 nitrogen and oxygen atoms in total. The van der Waals surface area contributed by atoms with Crippen molar-refractivity contribution in [3.05, 3.63) is 0 Å². The Morgan fingerprint density at radius 2 is 1.00 bits per heavy atom. The minimum absolute atomic E-state index is 0.208. The molecule has 0 heterocycles. The van der Waals surface area contributed by atoms with Gasteiger partial charge in [0.05, 0.1) is 0 Å². The summed E-state index contributed by atoms with van der Waals surface area (Å²) < 4.78 is 12.2. The van der Waals surface area contributed by atoms with Crippen LogP contribution in [-0.2, 0) is 4.57 Å². The van der Waals surface area contributed by atoms with Crippen molar-refractivity contribution in [1.29, 1.82) is 0 Å². The smallest absolute Gasteiger partial charge is 0.161 e. The van der Waals surface area contributed by atoms with Crippen molar-refractivity contribution in [3.63, 3.8) is 0 Å². The van der Waals surface area contributed by atoms with E-state index < -0.39 is 24.2 Å². The van der Waals surface area contributed by atoms with Crippen molar-refractivity contribution < 1.29 is 9.46 Å². The van der Waals surface area contributed by atoms with Crippen molar-refractivity contribution in [2.45, 2.75) is 82.7 Å². The predicted molar refractivity (Wildman–Crippen MR) is 88.0 cm³/mol. The van der Waals surface area contributed by atoms with Gasteiger partial charge in [-0.25, -0.2) is 0 Å². The molecular weight excluding hydrogens is 275 g/mol. The van der Waals surface area contributed by atoms with Crippen LogP contribution in [0.5, 0.6) is 0 Å². The maximum Gasteiger partial charge on any atom is 0.500 e. The van der Waals surface area contributed by atoms with Crippen LogP contribution in [0.25, 0.3) is 0 Å². The predicted octanol–water partition coefficient (Wildman–Crippen LogP) is 5.19. The summed E-state index contributed by atoms with van der Waals surface area (Å²) in [5.41, 5.74) is 0. The van der Waals surface area contributed by atoms with E-state index in [0.29, 0.717) is 0 Å². The van der Waals surface area contributed by atoms with Crippen LogP contribution in [-0.4, -0.2) is 25.9 Å². The Labute approximate surface area is 116 Å². The molecule has 0 aromatic rings. The van der Waals surface area contributed by atoms with E-state index in [4.69, 9.17) is 0 Å². The molecule has 0 bridgehead atoms. The van der Waals surface area contributed by atoms with Gasteiger partial charge in [-0.05, 0) is 4.57 Å². The van der Waals surface area contributed by atoms with E-state index in [9.17, 15) is 9.46 Å². The second kappa shape index (κ2) is 7.93. The first-order valence-corrected chi connectivity index (χ1v) is 14.3. The Morgan fingerprint density at radius 3 is 1.11 bits per heavy atom. The molecule has 5 heteroatoms. The molecule has 1 unspecified atom stereocenters. The van der Waals surface area contributed by atoms with Crippen molar-refractivity contribution in [3.8, 4) is 0 Å². The quantitative estimate of drug-likeness (QED) is 0.470. The Balaban J connectivity index is 5.73. The van der Waals surface area contributed by atoms with E-state index in [1.54, 1.807) is 0 Å². The van der Waals surface area contributed by atoms with Gasteiger partial charge in [0.2, 0.25) is 0 Å². The highest BCUT2D eigenvalue weighted by molar-refractivity contribution is 7.49. The summed E-state index contributed by atoms with van der Waals surface area (Å²) in [6.07, 6.45) is 0. The molecule has 0 saturated carbocycles. The third-order valence-corrected chi connectivity index (χ3v) is 25.1. The van der Waals surface area contributed by atoms with Crippen LogP contribution in [0, 0.1) is 0 Å². The lowest BCUT2D eigenvalue weighted by atomic mass is 10.9. The van der Waals surface area contributed by atoms with E-state index >= 15 is 0 Å². The van der Waals surface area contributed by atoms with Gasteiger partial charge < -0.3 is 0 Å². The van der Waals surface area contributed by atoms with Gasteiger partial charge in [-0.1, -0.05) is 77.8 Å². The summed E-state index contributed by atoms with van der Waals surface area (Å²) >= 11 is 0. The highest BCUT2D eigenvalue weighted by Crippen LogP contribution is 2.47. The topological polar surface area (TPSA) is 37.3 Å². The highest BCUT2D eigenvalue weighted by Gasteiger charge is 2.59. The normalized spacial score (nSPS) is 14.1. The van der Waals surface area contributed by atoms with Gasteiger partial charge in [0.1, 0.15) is 16.1 Å². The Bertz CT molecular complexity index is 227. The maximum absolute atomic E-state index is 12.2. The summed E-state index contributed by atoms with van der Waals surface area (Å²) in [4.78, 5) is 10.3. The lowest BCUT2D eigenvalue weighted by molar-refractivity contribution is 0.503. The van der Waals surface area contributed by atoms with Crippen LogP contribution >= 0.6 is 8.03 Å². The molecule has 0 aliphatic carbocycles. The van der Waals surface area contributed by atoms with Crippen LogP contribution in [0.4, 0.5) is 0 Å². The third kappa shape index (κ3) is 3.33. The highest BCUT2D eigenvalue weighted by atomic mass is 31.1. The van der Waals surface area contributed by atoms with Gasteiger partial charge in [0, 0.05) is 0 Å². The molecule has 108 valence electrons. The van der Waals surface area contributed by atoms with E-state index in [-0.39, 0.29) is 4.91 Å². The molecule has 0 aromatic heterocycles. The zero-order valence-electron chi connectivity index (χ0n) is 13.1. The monoisotopic (exact) mass is 307 g/mol. The average Bonchev–Trinajstić information content (AvgIpc) is 2.40. The summed E-state index contributed by atoms with van der Waals surface area (Å²) in [5.74, 6) is 0. The van der Waals surface area contributed by atoms with Gasteiger partial charge in [-0.2, -0.15) is 4.89 Å². The van der Waals surface area contributed by atoms with E-state index in [2.05, 4.69) is 41.5 Å². The van der Waals surface area contributed by atoms with Gasteiger partial charge >= 0.3 is 8.03 Å². The third-order valence-electron chi connectivity index (χ3n) is 5.61. The second-order valence-corrected chi connectivity index (χ2v) is 19.1. The fraction of sp³-hybridized carbons (Fsp3) is 1.00. The zero-order valence-corrected chi connectivity index (χ0v) is 16.0. The lowest BCUT2D eigenvalue weighted by Gasteiger charge is -2.40. The molecule has 18 heavy (non-hydrogen) atoms. The molecule has 1 N–H and O–H groups in total. The maximum atomic E-state index is 12.2. The number of hydrogen-bond acceptors (Lipinski definition) is 1. The van der Waals surface area contributed by atoms with Crippen LogP contribution in [0.2, 0.25) is 36.3 Å². The Hall–Kier alpha value is 0.494. The molecule has 0 aliphatic heterocycles. The van der Waals surface area contributed by atoms with Gasteiger partial charge in [0.25, 0.3) is 0 Å². The molecular formula is C13H32O2PSi2+. The largest absolute Gasteiger partial charge is 0.500 e. The molecule has 0 amide bonds. The molecule has 0 aromatic carbocycles. The minimum Gasteiger partial charge on any atom is -0.161 e. The summed E-state index contributed by atoms with van der Waals surface area (Å²) in [7, 11) is -5.16. The van der Waals surface area contributed by atoms with Gasteiger partial charge in [0.15, 0.2) is 4.91 Å². The van der Waals surface area contributed by atoms with E-state index in [0.717, 1.165) is 0 Å². The standard InChI is InChI=1S/C13H31O2PSi2/c1-7-17(8-2,9-3)13(16(14)15)18(10-4,11-5)12-6/h13H,7-12H2,1-6H3/p+1. The van der Waals surface area contributed by atoms with Crippen molar-refractivity contribution in [2.75, 3.05) is 0 Å². The fourth-order valence-electron chi connectivity index (χ4n) is 3.78. The first-order valence-electron chi connectivity index (χ1n) is 7.58. The van der Waals surface area contributed by atoms with Crippen molar-refractivity contribution >= 4 is 24.2 Å². The van der Waals surface area contributed by atoms with Crippen LogP contribution < -0.4 is 0 Å². The number of hydrogen-bond donors (Lipinski definition) is 1. The molecule has 0 fully saturated rings. The van der Waals surface area contributed by atoms with Gasteiger partial charge in [-0.3, -0.25) is 0 Å². The molecule has 0 saturated heterocycles. The Kier molecular flexibility index (Phi) is 8.15. The zero-order chi connectivity index (χ0) is 14.4. The Morgan fingerprint density at radius 1 is 0.778 bits per heavy atom. The lowest BCUT2D eigenvalue weighted by Crippen LogP contribution is -2.59. The molecule has 0 spiro atoms. The van der Waals surface area contributed by atoms with Gasteiger partial charge in [-0.15, -0.1) is 0 Å². The molecule has 0 radical (unpaired) electrons. The first-order chi connectivity index (χ1) is 8.43. The first kappa shape index (κ1) is 18.5. The van der Waals surface area contributed by atoms with E-state index in [1.165, 1.54) is 36.3 Å². The fourth-order valence-corrected chi connectivity index (χ4v) is 25.0. The second-order valence-electron chi connectivity index (χ2n) is 5.55. The minimum atomic E-state index is -2.00. The molecule has 1 atom stereocenters. The van der Waals surface area contributed by atoms with Crippen molar-refractivity contribution in [1.82, 2.24) is 0 Å². The summed E-state index contributed by atoms with van der Waals surface area (Å²) in [6, 6.07) is 7.01. The van der Waals surface area contributed by atoms with Crippen LogP contribution in [0.15, 0.2) is 0 Å². The van der Waals surface area contributed by atoms with Crippen molar-refractivity contribution in [2.24, 2.45) is 0 Å². The SMILES string of the molecule is CC[Si](CC)(CC)C([P+](=O)O)[Si](CC)(CC)CC. The van der Waals surface area contributed by atoms with Crippen LogP contribution in [0.1, 0.15) is 41.5 Å². The van der Waals surface area contributed by atoms with E-state index in [1.807, 2.05) is 0 Å². The summed E-state index contributed by atoms with van der Waals surface area (Å²) in [5, 5.41) is 0. The average molecular weight is 308 g/mol. The number of rotatable bonds is 9. The molecule has 0 rings (SSSR count). The van der Waals surface area contributed by atoms with Crippen LogP contribution in [0.3, 0.4) is 0 Å². The molecule has 0 aliphatic rings.